The molecule has 1 rings (SSSR count). The fourth-order valence-corrected chi connectivity index (χ4v) is 2.63. The van der Waals surface area contributed by atoms with Crippen molar-refractivity contribution in [2.24, 2.45) is 11.8 Å². The number of rotatable bonds is 4. The van der Waals surface area contributed by atoms with Gasteiger partial charge in [0.15, 0.2) is 0 Å². The van der Waals surface area contributed by atoms with Crippen LogP contribution in [0.1, 0.15) is 46.5 Å². The van der Waals surface area contributed by atoms with Crippen molar-refractivity contribution in [2.75, 3.05) is 6.61 Å². The number of hydrazine groups is 1. The topological polar surface area (TPSA) is 47.3 Å². The molecule has 0 aromatic rings. The van der Waals surface area contributed by atoms with Crippen LogP contribution in [0.4, 0.5) is 0 Å². The average molecular weight is 200 g/mol. The van der Waals surface area contributed by atoms with Gasteiger partial charge in [0.05, 0.1) is 5.60 Å². The summed E-state index contributed by atoms with van der Waals surface area (Å²) < 4.78 is 5.95. The maximum Gasteiger partial charge on any atom is 0.0847 e. The van der Waals surface area contributed by atoms with Crippen molar-refractivity contribution < 1.29 is 4.74 Å². The summed E-state index contributed by atoms with van der Waals surface area (Å²) in [7, 11) is 0. The summed E-state index contributed by atoms with van der Waals surface area (Å²) in [6.07, 6.45) is 4.85. The van der Waals surface area contributed by atoms with Crippen LogP contribution in [-0.4, -0.2) is 18.2 Å². The molecule has 0 heterocycles. The standard InChI is InChI=1S/C11H24N2O/c1-4-14-11(10(3)13-12)7-5-6-9(2)8-11/h9-10,13H,4-8,12H2,1-3H3. The summed E-state index contributed by atoms with van der Waals surface area (Å²) >= 11 is 0. The monoisotopic (exact) mass is 200 g/mol. The van der Waals surface area contributed by atoms with Crippen molar-refractivity contribution in [2.45, 2.75) is 58.1 Å². The lowest BCUT2D eigenvalue weighted by atomic mass is 9.75. The fraction of sp³-hybridized carbons (Fsp3) is 1.00. The van der Waals surface area contributed by atoms with Gasteiger partial charge in [-0.1, -0.05) is 19.8 Å². The van der Waals surface area contributed by atoms with Crippen LogP contribution in [-0.2, 0) is 4.74 Å². The summed E-state index contributed by atoms with van der Waals surface area (Å²) in [5.41, 5.74) is 2.83. The van der Waals surface area contributed by atoms with Crippen LogP contribution in [0.2, 0.25) is 0 Å². The number of ether oxygens (including phenoxy) is 1. The molecule has 3 unspecified atom stereocenters. The maximum atomic E-state index is 5.95. The highest BCUT2D eigenvalue weighted by Crippen LogP contribution is 2.37. The summed E-state index contributed by atoms with van der Waals surface area (Å²) in [4.78, 5) is 0. The molecule has 3 N–H and O–H groups in total. The van der Waals surface area contributed by atoms with E-state index in [-0.39, 0.29) is 11.6 Å². The molecule has 3 atom stereocenters. The SMILES string of the molecule is CCOC1(C(C)NN)CCCC(C)C1. The molecule has 0 radical (unpaired) electrons. The number of hydrogen-bond donors (Lipinski definition) is 2. The molecule has 1 aliphatic rings. The Morgan fingerprint density at radius 1 is 1.64 bits per heavy atom. The first kappa shape index (κ1) is 12.0. The van der Waals surface area contributed by atoms with Gasteiger partial charge in [0.2, 0.25) is 0 Å². The third-order valence-electron chi connectivity index (χ3n) is 3.46. The fourth-order valence-electron chi connectivity index (χ4n) is 2.63. The summed E-state index contributed by atoms with van der Waals surface area (Å²) in [5, 5.41) is 0. The van der Waals surface area contributed by atoms with Gasteiger partial charge in [0.1, 0.15) is 0 Å². The van der Waals surface area contributed by atoms with E-state index >= 15 is 0 Å². The average Bonchev–Trinajstić information content (AvgIpc) is 2.17. The molecule has 3 nitrogen and oxygen atoms in total. The minimum Gasteiger partial charge on any atom is -0.374 e. The molecule has 0 amide bonds. The Hall–Kier alpha value is -0.120. The first-order valence-electron chi connectivity index (χ1n) is 5.74. The molecule has 84 valence electrons. The van der Waals surface area contributed by atoms with Crippen LogP contribution in [0.25, 0.3) is 0 Å². The summed E-state index contributed by atoms with van der Waals surface area (Å²) in [6.45, 7) is 7.26. The second-order valence-corrected chi connectivity index (χ2v) is 4.59. The van der Waals surface area contributed by atoms with Crippen LogP contribution >= 0.6 is 0 Å². The molecule has 3 heteroatoms. The third-order valence-corrected chi connectivity index (χ3v) is 3.46. The normalized spacial score (nSPS) is 35.6. The van der Waals surface area contributed by atoms with Gasteiger partial charge in [0.25, 0.3) is 0 Å². The minimum atomic E-state index is -0.0266. The van der Waals surface area contributed by atoms with Crippen molar-refractivity contribution >= 4 is 0 Å². The van der Waals surface area contributed by atoms with E-state index in [0.29, 0.717) is 0 Å². The molecule has 0 saturated heterocycles. The van der Waals surface area contributed by atoms with E-state index in [4.69, 9.17) is 10.6 Å². The Labute approximate surface area is 87.4 Å². The van der Waals surface area contributed by atoms with Crippen molar-refractivity contribution in [3.05, 3.63) is 0 Å². The molecule has 0 spiro atoms. The molecular weight excluding hydrogens is 176 g/mol. The Morgan fingerprint density at radius 2 is 2.36 bits per heavy atom. The van der Waals surface area contributed by atoms with Crippen molar-refractivity contribution in [1.82, 2.24) is 5.43 Å². The van der Waals surface area contributed by atoms with Crippen molar-refractivity contribution in [3.8, 4) is 0 Å². The number of nitrogens with one attached hydrogen (secondary N) is 1. The zero-order valence-corrected chi connectivity index (χ0v) is 9.68. The van der Waals surface area contributed by atoms with Gasteiger partial charge in [0, 0.05) is 12.6 Å². The summed E-state index contributed by atoms with van der Waals surface area (Å²) in [5.74, 6) is 6.29. The van der Waals surface area contributed by atoms with Gasteiger partial charge in [-0.25, -0.2) is 0 Å². The van der Waals surface area contributed by atoms with Crippen molar-refractivity contribution in [1.29, 1.82) is 0 Å². The van der Waals surface area contributed by atoms with Crippen LogP contribution in [0, 0.1) is 5.92 Å². The number of hydrogen-bond acceptors (Lipinski definition) is 3. The quantitative estimate of drug-likeness (QED) is 0.537. The lowest BCUT2D eigenvalue weighted by molar-refractivity contribution is -0.0964. The van der Waals surface area contributed by atoms with E-state index in [9.17, 15) is 0 Å². The Bertz CT molecular complexity index is 171. The highest BCUT2D eigenvalue weighted by molar-refractivity contribution is 4.94. The van der Waals surface area contributed by atoms with E-state index < -0.39 is 0 Å². The van der Waals surface area contributed by atoms with Crippen LogP contribution in [0.5, 0.6) is 0 Å². The van der Waals surface area contributed by atoms with E-state index in [1.807, 2.05) is 0 Å². The predicted octanol–water partition coefficient (Wildman–Crippen LogP) is 1.82. The molecule has 0 aromatic heterocycles. The Balaban J connectivity index is 2.68. The molecule has 1 saturated carbocycles. The number of nitrogens with two attached hydrogens (primary N) is 1. The Kier molecular flexibility index (Phi) is 4.35. The van der Waals surface area contributed by atoms with E-state index in [1.54, 1.807) is 0 Å². The molecule has 0 aliphatic heterocycles. The van der Waals surface area contributed by atoms with Gasteiger partial charge >= 0.3 is 0 Å². The van der Waals surface area contributed by atoms with Gasteiger partial charge < -0.3 is 4.74 Å². The highest BCUT2D eigenvalue weighted by Gasteiger charge is 2.39. The lowest BCUT2D eigenvalue weighted by Crippen LogP contribution is -2.55. The lowest BCUT2D eigenvalue weighted by Gasteiger charge is -2.43. The maximum absolute atomic E-state index is 5.95. The zero-order chi connectivity index (χ0) is 10.6. The van der Waals surface area contributed by atoms with Gasteiger partial charge in [-0.2, -0.15) is 0 Å². The highest BCUT2D eigenvalue weighted by atomic mass is 16.5. The summed E-state index contributed by atoms with van der Waals surface area (Å²) in [6, 6.07) is 0.241. The molecular formula is C11H24N2O. The molecule has 0 bridgehead atoms. The molecule has 1 aliphatic carbocycles. The third kappa shape index (κ3) is 2.47. The smallest absolute Gasteiger partial charge is 0.0847 e. The molecule has 1 fully saturated rings. The Morgan fingerprint density at radius 3 is 2.86 bits per heavy atom. The van der Waals surface area contributed by atoms with Gasteiger partial charge in [-0.3, -0.25) is 11.3 Å². The second-order valence-electron chi connectivity index (χ2n) is 4.59. The van der Waals surface area contributed by atoms with Crippen molar-refractivity contribution in [3.63, 3.8) is 0 Å². The van der Waals surface area contributed by atoms with Crippen LogP contribution < -0.4 is 11.3 Å². The minimum absolute atomic E-state index is 0.0266. The zero-order valence-electron chi connectivity index (χ0n) is 9.68. The van der Waals surface area contributed by atoms with E-state index in [1.165, 1.54) is 12.8 Å². The largest absolute Gasteiger partial charge is 0.374 e. The van der Waals surface area contributed by atoms with Crippen LogP contribution in [0.15, 0.2) is 0 Å². The van der Waals surface area contributed by atoms with Crippen LogP contribution in [0.3, 0.4) is 0 Å². The second kappa shape index (κ2) is 5.10. The van der Waals surface area contributed by atoms with Gasteiger partial charge in [-0.05, 0) is 32.6 Å². The predicted molar refractivity (Wildman–Crippen MR) is 58.8 cm³/mol. The van der Waals surface area contributed by atoms with E-state index in [0.717, 1.165) is 25.4 Å². The first-order valence-corrected chi connectivity index (χ1v) is 5.74. The molecule has 14 heavy (non-hydrogen) atoms. The van der Waals surface area contributed by atoms with Gasteiger partial charge in [-0.15, -0.1) is 0 Å². The van der Waals surface area contributed by atoms with E-state index in [2.05, 4.69) is 26.2 Å². The first-order chi connectivity index (χ1) is 6.64. The molecule has 0 aromatic carbocycles.